The van der Waals surface area contributed by atoms with Crippen LogP contribution in [0.2, 0.25) is 0 Å². The van der Waals surface area contributed by atoms with Crippen molar-refractivity contribution < 1.29 is 5.11 Å². The molecule has 1 heterocycles. The van der Waals surface area contributed by atoms with Gasteiger partial charge in [0.25, 0.3) is 0 Å². The fourth-order valence-corrected chi connectivity index (χ4v) is 2.08. The van der Waals surface area contributed by atoms with Crippen LogP contribution in [0.15, 0.2) is 0 Å². The van der Waals surface area contributed by atoms with Crippen LogP contribution in [0.4, 0.5) is 0 Å². The molecule has 0 amide bonds. The zero-order valence-electron chi connectivity index (χ0n) is 9.71. The first-order valence-corrected chi connectivity index (χ1v) is 5.49. The zero-order valence-corrected chi connectivity index (χ0v) is 9.71. The van der Waals surface area contributed by atoms with Gasteiger partial charge in [-0.25, -0.2) is 0 Å². The van der Waals surface area contributed by atoms with E-state index in [1.807, 2.05) is 0 Å². The van der Waals surface area contributed by atoms with Crippen LogP contribution >= 0.6 is 0 Å². The zero-order chi connectivity index (χ0) is 10.8. The highest BCUT2D eigenvalue weighted by Crippen LogP contribution is 2.32. The molecule has 0 aromatic carbocycles. The second-order valence-electron chi connectivity index (χ2n) is 5.52. The van der Waals surface area contributed by atoms with Gasteiger partial charge in [-0.1, -0.05) is 0 Å². The molecule has 1 fully saturated rings. The van der Waals surface area contributed by atoms with E-state index in [4.69, 9.17) is 5.73 Å². The molecule has 0 aromatic rings. The van der Waals surface area contributed by atoms with Crippen molar-refractivity contribution in [2.45, 2.75) is 39.2 Å². The molecule has 0 unspecified atom stereocenters. The molecule has 0 aromatic heterocycles. The summed E-state index contributed by atoms with van der Waals surface area (Å²) in [5, 5.41) is 9.33. The second kappa shape index (κ2) is 4.17. The summed E-state index contributed by atoms with van der Waals surface area (Å²) in [5.41, 5.74) is 5.97. The van der Waals surface area contributed by atoms with Crippen LogP contribution in [0.5, 0.6) is 0 Å². The van der Waals surface area contributed by atoms with Crippen LogP contribution < -0.4 is 5.73 Å². The Morgan fingerprint density at radius 3 is 2.07 bits per heavy atom. The lowest BCUT2D eigenvalue weighted by molar-refractivity contribution is 0.0140. The number of aliphatic hydroxyl groups excluding tert-OH is 1. The Balaban J connectivity index is 2.53. The highest BCUT2D eigenvalue weighted by Gasteiger charge is 2.35. The van der Waals surface area contributed by atoms with Crippen molar-refractivity contribution in [1.82, 2.24) is 4.90 Å². The Labute approximate surface area is 87.3 Å². The topological polar surface area (TPSA) is 49.5 Å². The fourth-order valence-electron chi connectivity index (χ4n) is 2.08. The molecule has 0 saturated carbocycles. The number of likely N-dealkylation sites (tertiary alicyclic amines) is 1. The van der Waals surface area contributed by atoms with Gasteiger partial charge in [0.2, 0.25) is 0 Å². The minimum absolute atomic E-state index is 0.00174. The highest BCUT2D eigenvalue weighted by atomic mass is 16.3. The third-order valence-electron chi connectivity index (χ3n) is 3.54. The lowest BCUT2D eigenvalue weighted by Crippen LogP contribution is -2.51. The summed E-state index contributed by atoms with van der Waals surface area (Å²) in [6.45, 7) is 9.68. The maximum absolute atomic E-state index is 9.33. The lowest BCUT2D eigenvalue weighted by atomic mass is 9.78. The molecule has 0 atom stereocenters. The van der Waals surface area contributed by atoms with Crippen molar-refractivity contribution in [3.05, 3.63) is 0 Å². The van der Waals surface area contributed by atoms with E-state index in [-0.39, 0.29) is 17.6 Å². The monoisotopic (exact) mass is 200 g/mol. The molecule has 3 heteroatoms. The third-order valence-corrected chi connectivity index (χ3v) is 3.54. The molecule has 3 nitrogen and oxygen atoms in total. The minimum atomic E-state index is 0.00174. The van der Waals surface area contributed by atoms with Crippen molar-refractivity contribution in [1.29, 1.82) is 0 Å². The average Bonchev–Trinajstić information content (AvgIpc) is 2.16. The molecule has 0 radical (unpaired) electrons. The van der Waals surface area contributed by atoms with Gasteiger partial charge >= 0.3 is 0 Å². The van der Waals surface area contributed by atoms with Crippen molar-refractivity contribution >= 4 is 0 Å². The fraction of sp³-hybridized carbons (Fsp3) is 1.00. The van der Waals surface area contributed by atoms with Crippen LogP contribution in [0, 0.1) is 5.41 Å². The second-order valence-corrected chi connectivity index (χ2v) is 5.52. The van der Waals surface area contributed by atoms with Crippen molar-refractivity contribution in [2.75, 3.05) is 26.2 Å². The predicted molar refractivity (Wildman–Crippen MR) is 59.1 cm³/mol. The molecule has 0 aliphatic carbocycles. The molecule has 1 rings (SSSR count). The van der Waals surface area contributed by atoms with Gasteiger partial charge in [0, 0.05) is 24.1 Å². The lowest BCUT2D eigenvalue weighted by Gasteiger charge is -2.45. The van der Waals surface area contributed by atoms with Gasteiger partial charge in [0.1, 0.15) is 0 Å². The summed E-state index contributed by atoms with van der Waals surface area (Å²) >= 11 is 0. The van der Waals surface area contributed by atoms with Gasteiger partial charge in [0.05, 0.1) is 0 Å². The van der Waals surface area contributed by atoms with Crippen molar-refractivity contribution in [3.8, 4) is 0 Å². The molecule has 0 spiro atoms. The van der Waals surface area contributed by atoms with Gasteiger partial charge in [-0.05, 0) is 46.7 Å². The number of nitrogens with two attached hydrogens (primary N) is 1. The van der Waals surface area contributed by atoms with Crippen LogP contribution in [-0.4, -0.2) is 41.8 Å². The van der Waals surface area contributed by atoms with Gasteiger partial charge in [-0.3, -0.25) is 4.90 Å². The van der Waals surface area contributed by atoms with Crippen molar-refractivity contribution in [2.24, 2.45) is 11.1 Å². The van der Waals surface area contributed by atoms with Gasteiger partial charge in [-0.15, -0.1) is 0 Å². The summed E-state index contributed by atoms with van der Waals surface area (Å²) in [5.74, 6) is 0. The number of rotatable bonds is 2. The SMILES string of the molecule is CC(C)(C)N1CCC(CN)(CO)CC1. The summed E-state index contributed by atoms with van der Waals surface area (Å²) < 4.78 is 0. The number of hydrogen-bond donors (Lipinski definition) is 2. The predicted octanol–water partition coefficient (Wildman–Crippen LogP) is 0.818. The van der Waals surface area contributed by atoms with E-state index in [2.05, 4.69) is 25.7 Å². The average molecular weight is 200 g/mol. The summed E-state index contributed by atoms with van der Waals surface area (Å²) in [4.78, 5) is 2.47. The number of nitrogens with zero attached hydrogens (tertiary/aromatic N) is 1. The summed E-state index contributed by atoms with van der Waals surface area (Å²) in [6.07, 6.45) is 2.05. The van der Waals surface area contributed by atoms with Gasteiger partial charge in [-0.2, -0.15) is 0 Å². The van der Waals surface area contributed by atoms with E-state index in [1.54, 1.807) is 0 Å². The van der Waals surface area contributed by atoms with Crippen molar-refractivity contribution in [3.63, 3.8) is 0 Å². The van der Waals surface area contributed by atoms with Gasteiger partial charge in [0.15, 0.2) is 0 Å². The molecule has 1 aliphatic heterocycles. The standard InChI is InChI=1S/C11H24N2O/c1-10(2,3)13-6-4-11(8-12,9-14)5-7-13/h14H,4-9,12H2,1-3H3. The van der Waals surface area contributed by atoms with Gasteiger partial charge < -0.3 is 10.8 Å². The minimum Gasteiger partial charge on any atom is -0.396 e. The quantitative estimate of drug-likeness (QED) is 0.694. The van der Waals surface area contributed by atoms with E-state index in [1.165, 1.54) is 0 Å². The molecule has 1 aliphatic rings. The Hall–Kier alpha value is -0.120. The Morgan fingerprint density at radius 2 is 1.79 bits per heavy atom. The summed E-state index contributed by atoms with van der Waals surface area (Å²) in [6, 6.07) is 0. The first-order valence-electron chi connectivity index (χ1n) is 5.49. The van der Waals surface area contributed by atoms with Crippen LogP contribution in [0.25, 0.3) is 0 Å². The Kier molecular flexibility index (Phi) is 3.56. The molecular weight excluding hydrogens is 176 g/mol. The van der Waals surface area contributed by atoms with E-state index >= 15 is 0 Å². The Bertz CT molecular complexity index is 172. The van der Waals surface area contributed by atoms with E-state index < -0.39 is 0 Å². The molecule has 14 heavy (non-hydrogen) atoms. The van der Waals surface area contributed by atoms with E-state index in [0.29, 0.717) is 6.54 Å². The van der Waals surface area contributed by atoms with Crippen LogP contribution in [-0.2, 0) is 0 Å². The molecule has 3 N–H and O–H groups in total. The molecular formula is C11H24N2O. The van der Waals surface area contributed by atoms with Crippen LogP contribution in [0.1, 0.15) is 33.6 Å². The molecule has 0 bridgehead atoms. The normalized spacial score (nSPS) is 23.8. The first kappa shape index (κ1) is 12.0. The number of piperidine rings is 1. The van der Waals surface area contributed by atoms with E-state index in [9.17, 15) is 5.11 Å². The van der Waals surface area contributed by atoms with Crippen LogP contribution in [0.3, 0.4) is 0 Å². The molecule has 1 saturated heterocycles. The maximum atomic E-state index is 9.33. The number of aliphatic hydroxyl groups is 1. The molecule has 84 valence electrons. The smallest absolute Gasteiger partial charge is 0.0500 e. The largest absolute Gasteiger partial charge is 0.396 e. The first-order chi connectivity index (χ1) is 6.43. The Morgan fingerprint density at radius 1 is 1.29 bits per heavy atom. The summed E-state index contributed by atoms with van der Waals surface area (Å²) in [7, 11) is 0. The number of hydrogen-bond acceptors (Lipinski definition) is 3. The highest BCUT2D eigenvalue weighted by molar-refractivity contribution is 4.90. The maximum Gasteiger partial charge on any atom is 0.0500 e. The third kappa shape index (κ3) is 2.47. The van der Waals surface area contributed by atoms with E-state index in [0.717, 1.165) is 25.9 Å².